The number of ether oxygens (including phenoxy) is 1. The maximum Gasteiger partial charge on any atom is 0.0648 e. The van der Waals surface area contributed by atoms with Crippen LogP contribution in [0.3, 0.4) is 0 Å². The lowest BCUT2D eigenvalue weighted by molar-refractivity contribution is -0.0353. The lowest BCUT2D eigenvalue weighted by Gasteiger charge is -2.25. The van der Waals surface area contributed by atoms with Crippen molar-refractivity contribution < 1.29 is 9.84 Å². The molecule has 0 aromatic carbocycles. The molecule has 0 aromatic rings. The lowest BCUT2D eigenvalue weighted by atomic mass is 10.1. The summed E-state index contributed by atoms with van der Waals surface area (Å²) >= 11 is 0. The van der Waals surface area contributed by atoms with E-state index >= 15 is 0 Å². The van der Waals surface area contributed by atoms with Gasteiger partial charge in [0.15, 0.2) is 0 Å². The largest absolute Gasteiger partial charge is 0.396 e. The van der Waals surface area contributed by atoms with Gasteiger partial charge in [-0.3, -0.25) is 0 Å². The molecule has 0 saturated carbocycles. The van der Waals surface area contributed by atoms with Crippen molar-refractivity contribution in [3.05, 3.63) is 0 Å². The van der Waals surface area contributed by atoms with E-state index in [1.165, 1.54) is 0 Å². The second kappa shape index (κ2) is 6.35. The van der Waals surface area contributed by atoms with Crippen LogP contribution in [0.15, 0.2) is 0 Å². The molecule has 2 N–H and O–H groups in total. The van der Waals surface area contributed by atoms with Crippen LogP contribution < -0.4 is 5.32 Å². The highest BCUT2D eigenvalue weighted by molar-refractivity contribution is 4.68. The zero-order valence-electron chi connectivity index (χ0n) is 9.26. The van der Waals surface area contributed by atoms with Crippen LogP contribution in [0.25, 0.3) is 0 Å². The van der Waals surface area contributed by atoms with Gasteiger partial charge in [-0.05, 0) is 40.7 Å². The summed E-state index contributed by atoms with van der Waals surface area (Å²) in [7, 11) is 1.95. The van der Waals surface area contributed by atoms with E-state index in [4.69, 9.17) is 9.84 Å². The van der Waals surface area contributed by atoms with Crippen molar-refractivity contribution in [2.75, 3.05) is 20.3 Å². The first kappa shape index (κ1) is 12.9. The van der Waals surface area contributed by atoms with Gasteiger partial charge in [0.2, 0.25) is 0 Å². The van der Waals surface area contributed by atoms with Gasteiger partial charge in [-0.2, -0.15) is 0 Å². The number of rotatable bonds is 7. The molecule has 0 aromatic heterocycles. The summed E-state index contributed by atoms with van der Waals surface area (Å²) in [5.74, 6) is 0. The predicted octanol–water partition coefficient (Wildman–Crippen LogP) is 1.16. The summed E-state index contributed by atoms with van der Waals surface area (Å²) in [5, 5.41) is 11.9. The van der Waals surface area contributed by atoms with Crippen molar-refractivity contribution in [2.24, 2.45) is 0 Å². The highest BCUT2D eigenvalue weighted by atomic mass is 16.5. The summed E-state index contributed by atoms with van der Waals surface area (Å²) in [4.78, 5) is 0. The summed E-state index contributed by atoms with van der Waals surface area (Å²) in [6.45, 7) is 7.08. The van der Waals surface area contributed by atoms with E-state index < -0.39 is 0 Å². The maximum absolute atomic E-state index is 8.76. The number of nitrogens with one attached hydrogen (secondary N) is 1. The van der Waals surface area contributed by atoms with E-state index in [-0.39, 0.29) is 12.2 Å². The third-order valence-electron chi connectivity index (χ3n) is 2.25. The average molecular weight is 189 g/mol. The Morgan fingerprint density at radius 3 is 2.54 bits per heavy atom. The van der Waals surface area contributed by atoms with E-state index in [2.05, 4.69) is 12.2 Å². The average Bonchev–Trinajstić information content (AvgIpc) is 2.03. The molecule has 0 fully saturated rings. The van der Waals surface area contributed by atoms with Gasteiger partial charge in [-0.1, -0.05) is 0 Å². The van der Waals surface area contributed by atoms with Gasteiger partial charge in [0.25, 0.3) is 0 Å². The smallest absolute Gasteiger partial charge is 0.0648 e. The van der Waals surface area contributed by atoms with Gasteiger partial charge >= 0.3 is 0 Å². The molecule has 0 radical (unpaired) electrons. The van der Waals surface area contributed by atoms with E-state index in [0.717, 1.165) is 13.0 Å². The highest BCUT2D eigenvalue weighted by Crippen LogP contribution is 2.14. The zero-order valence-corrected chi connectivity index (χ0v) is 9.26. The Bertz CT molecular complexity index is 126. The van der Waals surface area contributed by atoms with Gasteiger partial charge in [-0.25, -0.2) is 0 Å². The molecule has 3 nitrogen and oxygen atoms in total. The minimum Gasteiger partial charge on any atom is -0.396 e. The Labute approximate surface area is 81.5 Å². The van der Waals surface area contributed by atoms with Gasteiger partial charge in [0.05, 0.1) is 5.60 Å². The normalized spacial score (nSPS) is 14.5. The van der Waals surface area contributed by atoms with Gasteiger partial charge in [0.1, 0.15) is 0 Å². The third-order valence-corrected chi connectivity index (χ3v) is 2.25. The van der Waals surface area contributed by atoms with Crippen molar-refractivity contribution in [1.29, 1.82) is 0 Å². The summed E-state index contributed by atoms with van der Waals surface area (Å²) in [6.07, 6.45) is 1.70. The summed E-state index contributed by atoms with van der Waals surface area (Å²) in [5.41, 5.74) is -0.192. The van der Waals surface area contributed by atoms with Crippen LogP contribution >= 0.6 is 0 Å². The molecule has 0 aliphatic heterocycles. The quantitative estimate of drug-likeness (QED) is 0.631. The van der Waals surface area contributed by atoms with Crippen molar-refractivity contribution >= 4 is 0 Å². The fourth-order valence-corrected chi connectivity index (χ4v) is 0.998. The standard InChI is InChI=1S/C10H23NO2/c1-9(11-4)5-8-13-10(2,3)6-7-12/h9,11-12H,5-8H2,1-4H3. The molecule has 13 heavy (non-hydrogen) atoms. The first-order valence-corrected chi connectivity index (χ1v) is 4.94. The van der Waals surface area contributed by atoms with E-state index in [9.17, 15) is 0 Å². The van der Waals surface area contributed by atoms with Crippen LogP contribution in [-0.2, 0) is 4.74 Å². The first-order chi connectivity index (χ1) is 6.02. The molecule has 0 saturated heterocycles. The molecular weight excluding hydrogens is 166 g/mol. The fourth-order valence-electron chi connectivity index (χ4n) is 0.998. The Morgan fingerprint density at radius 2 is 2.08 bits per heavy atom. The molecule has 1 unspecified atom stereocenters. The van der Waals surface area contributed by atoms with Gasteiger partial charge < -0.3 is 15.2 Å². The summed E-state index contributed by atoms with van der Waals surface area (Å²) < 4.78 is 5.64. The Hall–Kier alpha value is -0.120. The molecule has 1 atom stereocenters. The fraction of sp³-hybridized carbons (Fsp3) is 1.00. The summed E-state index contributed by atoms with van der Waals surface area (Å²) in [6, 6.07) is 0.491. The number of aliphatic hydroxyl groups is 1. The molecule has 0 heterocycles. The molecule has 80 valence electrons. The zero-order chi connectivity index (χ0) is 10.3. The van der Waals surface area contributed by atoms with E-state index in [1.807, 2.05) is 20.9 Å². The van der Waals surface area contributed by atoms with Crippen LogP contribution in [0.2, 0.25) is 0 Å². The second-order valence-electron chi connectivity index (χ2n) is 4.06. The predicted molar refractivity (Wildman–Crippen MR) is 54.9 cm³/mol. The Kier molecular flexibility index (Phi) is 6.29. The van der Waals surface area contributed by atoms with Gasteiger partial charge in [0, 0.05) is 19.3 Å². The van der Waals surface area contributed by atoms with Crippen molar-refractivity contribution in [1.82, 2.24) is 5.32 Å². The molecule has 0 aliphatic carbocycles. The Balaban J connectivity index is 3.50. The minimum atomic E-state index is -0.192. The van der Waals surface area contributed by atoms with Crippen molar-refractivity contribution in [3.8, 4) is 0 Å². The number of aliphatic hydroxyl groups excluding tert-OH is 1. The molecule has 3 heteroatoms. The molecule has 0 bridgehead atoms. The third kappa shape index (κ3) is 6.99. The van der Waals surface area contributed by atoms with Crippen LogP contribution in [0, 0.1) is 0 Å². The highest BCUT2D eigenvalue weighted by Gasteiger charge is 2.17. The van der Waals surface area contributed by atoms with Crippen LogP contribution in [0.5, 0.6) is 0 Å². The van der Waals surface area contributed by atoms with Crippen LogP contribution in [0.4, 0.5) is 0 Å². The van der Waals surface area contributed by atoms with E-state index in [0.29, 0.717) is 12.5 Å². The molecule has 0 aliphatic rings. The Morgan fingerprint density at radius 1 is 1.46 bits per heavy atom. The molecule has 0 amide bonds. The number of hydrogen-bond donors (Lipinski definition) is 2. The molecular formula is C10H23NO2. The van der Waals surface area contributed by atoms with Crippen molar-refractivity contribution in [3.63, 3.8) is 0 Å². The minimum absolute atomic E-state index is 0.189. The van der Waals surface area contributed by atoms with Crippen LogP contribution in [0.1, 0.15) is 33.6 Å². The SMILES string of the molecule is CNC(C)CCOC(C)(C)CCO. The monoisotopic (exact) mass is 189 g/mol. The molecule has 0 rings (SSSR count). The van der Waals surface area contributed by atoms with Crippen molar-refractivity contribution in [2.45, 2.75) is 45.3 Å². The first-order valence-electron chi connectivity index (χ1n) is 4.94. The van der Waals surface area contributed by atoms with E-state index in [1.54, 1.807) is 0 Å². The van der Waals surface area contributed by atoms with Gasteiger partial charge in [-0.15, -0.1) is 0 Å². The topological polar surface area (TPSA) is 41.5 Å². The molecule has 0 spiro atoms. The number of hydrogen-bond acceptors (Lipinski definition) is 3. The van der Waals surface area contributed by atoms with Crippen LogP contribution in [-0.4, -0.2) is 37.0 Å². The second-order valence-corrected chi connectivity index (χ2v) is 4.06. The lowest BCUT2D eigenvalue weighted by Crippen LogP contribution is -2.29. The maximum atomic E-state index is 8.76.